The zero-order valence-corrected chi connectivity index (χ0v) is 10.5. The summed E-state index contributed by atoms with van der Waals surface area (Å²) in [5.74, 6) is -1.19. The van der Waals surface area contributed by atoms with E-state index < -0.39 is 11.9 Å². The first-order chi connectivity index (χ1) is 8.62. The van der Waals surface area contributed by atoms with E-state index in [0.717, 1.165) is 12.2 Å². The Morgan fingerprint density at radius 3 is 1.94 bits per heavy atom. The molecule has 0 unspecified atom stereocenters. The number of hydrogen-bond acceptors (Lipinski definition) is 5. The molecule has 0 aromatic heterocycles. The van der Waals surface area contributed by atoms with Gasteiger partial charge in [0.05, 0.1) is 13.4 Å². The molecular weight excluding hydrogens is 236 g/mol. The van der Waals surface area contributed by atoms with Crippen molar-refractivity contribution in [1.82, 2.24) is 0 Å². The van der Waals surface area contributed by atoms with E-state index in [0.29, 0.717) is 6.61 Å². The molecule has 0 saturated heterocycles. The van der Waals surface area contributed by atoms with E-state index in [9.17, 15) is 9.59 Å². The highest BCUT2D eigenvalue weighted by Gasteiger charge is 1.96. The Balaban J connectivity index is 0. The van der Waals surface area contributed by atoms with Crippen molar-refractivity contribution in [2.45, 2.75) is 0 Å². The highest BCUT2D eigenvalue weighted by molar-refractivity contribution is 5.91. The molecule has 0 spiro atoms. The van der Waals surface area contributed by atoms with Crippen molar-refractivity contribution in [2.75, 3.05) is 20.3 Å². The number of esters is 2. The minimum absolute atomic E-state index is 0.129. The third-order valence-electron chi connectivity index (χ3n) is 1.23. The molecule has 0 heterocycles. The van der Waals surface area contributed by atoms with E-state index in [1.165, 1.54) is 19.4 Å². The monoisotopic (exact) mass is 254 g/mol. The molecule has 0 amide bonds. The fraction of sp³-hybridized carbons (Fsp3) is 0.231. The van der Waals surface area contributed by atoms with Gasteiger partial charge in [0, 0.05) is 12.2 Å². The Morgan fingerprint density at radius 2 is 1.56 bits per heavy atom. The van der Waals surface area contributed by atoms with Gasteiger partial charge < -0.3 is 14.2 Å². The number of carbonyl (C=O) groups is 2. The van der Waals surface area contributed by atoms with Gasteiger partial charge >= 0.3 is 11.9 Å². The predicted octanol–water partition coefficient (Wildman–Crippen LogP) is 1.78. The predicted molar refractivity (Wildman–Crippen MR) is 68.7 cm³/mol. The molecule has 5 heteroatoms. The van der Waals surface area contributed by atoms with E-state index in [1.807, 2.05) is 0 Å². The van der Waals surface area contributed by atoms with Gasteiger partial charge in [-0.15, -0.1) is 0 Å². The van der Waals surface area contributed by atoms with Gasteiger partial charge in [-0.05, 0) is 0 Å². The maximum Gasteiger partial charge on any atom is 0.331 e. The highest BCUT2D eigenvalue weighted by atomic mass is 16.5. The summed E-state index contributed by atoms with van der Waals surface area (Å²) in [7, 11) is 1.22. The van der Waals surface area contributed by atoms with Gasteiger partial charge in [0.1, 0.15) is 13.2 Å². The molecule has 0 bridgehead atoms. The van der Waals surface area contributed by atoms with Crippen LogP contribution in [0.15, 0.2) is 50.3 Å². The minimum Gasteiger partial charge on any atom is -0.498 e. The van der Waals surface area contributed by atoms with E-state index in [2.05, 4.69) is 33.9 Å². The van der Waals surface area contributed by atoms with Crippen LogP contribution in [0.25, 0.3) is 0 Å². The van der Waals surface area contributed by atoms with Crippen LogP contribution in [0.5, 0.6) is 0 Å². The lowest BCUT2D eigenvalue weighted by atomic mass is 10.5. The van der Waals surface area contributed by atoms with Crippen molar-refractivity contribution < 1.29 is 23.8 Å². The van der Waals surface area contributed by atoms with E-state index >= 15 is 0 Å². The van der Waals surface area contributed by atoms with Crippen LogP contribution in [0.2, 0.25) is 0 Å². The van der Waals surface area contributed by atoms with Crippen LogP contribution in [0.1, 0.15) is 0 Å². The largest absolute Gasteiger partial charge is 0.498 e. The van der Waals surface area contributed by atoms with Crippen molar-refractivity contribution in [2.24, 2.45) is 0 Å². The van der Waals surface area contributed by atoms with Gasteiger partial charge in [0.25, 0.3) is 0 Å². The van der Waals surface area contributed by atoms with Gasteiger partial charge in [-0.3, -0.25) is 0 Å². The second kappa shape index (κ2) is 14.7. The summed E-state index contributed by atoms with van der Waals surface area (Å²) in [5.41, 5.74) is 0. The molecule has 0 radical (unpaired) electrons. The van der Waals surface area contributed by atoms with Crippen LogP contribution < -0.4 is 0 Å². The SMILES string of the molecule is C=CCOC(=O)C=CC(=O)OC.C=CCOC=C. The van der Waals surface area contributed by atoms with Crippen LogP contribution in [0, 0.1) is 0 Å². The lowest BCUT2D eigenvalue weighted by Crippen LogP contribution is -2.02. The van der Waals surface area contributed by atoms with E-state index in [1.54, 1.807) is 6.08 Å². The fourth-order valence-electron chi connectivity index (χ4n) is 0.529. The number of carbonyl (C=O) groups excluding carboxylic acids is 2. The second-order valence-electron chi connectivity index (χ2n) is 2.56. The first kappa shape index (κ1) is 18.1. The number of rotatable bonds is 7. The van der Waals surface area contributed by atoms with Crippen LogP contribution in [-0.4, -0.2) is 32.3 Å². The van der Waals surface area contributed by atoms with Gasteiger partial charge in [0.15, 0.2) is 0 Å². The van der Waals surface area contributed by atoms with Crippen molar-refractivity contribution in [3.8, 4) is 0 Å². The zero-order valence-electron chi connectivity index (χ0n) is 10.5. The van der Waals surface area contributed by atoms with E-state index in [-0.39, 0.29) is 6.61 Å². The molecule has 0 aliphatic carbocycles. The molecule has 18 heavy (non-hydrogen) atoms. The molecule has 0 fully saturated rings. The maximum atomic E-state index is 10.7. The maximum absolute atomic E-state index is 10.7. The average molecular weight is 254 g/mol. The molecule has 0 rings (SSSR count). The summed E-state index contributed by atoms with van der Waals surface area (Å²) in [6.07, 6.45) is 6.48. The molecule has 100 valence electrons. The Bertz CT molecular complexity index is 297. The lowest BCUT2D eigenvalue weighted by Gasteiger charge is -1.94. The van der Waals surface area contributed by atoms with Crippen molar-refractivity contribution in [3.63, 3.8) is 0 Å². The zero-order chi connectivity index (χ0) is 14.2. The first-order valence-electron chi connectivity index (χ1n) is 4.99. The van der Waals surface area contributed by atoms with Crippen LogP contribution in [0.3, 0.4) is 0 Å². The summed E-state index contributed by atoms with van der Waals surface area (Å²) in [6.45, 7) is 10.8. The third kappa shape index (κ3) is 16.1. The molecule has 5 nitrogen and oxygen atoms in total. The topological polar surface area (TPSA) is 61.8 Å². The van der Waals surface area contributed by atoms with Gasteiger partial charge in [-0.1, -0.05) is 31.9 Å². The smallest absolute Gasteiger partial charge is 0.331 e. The summed E-state index contributed by atoms with van der Waals surface area (Å²) in [5, 5.41) is 0. The average Bonchev–Trinajstić information content (AvgIpc) is 2.40. The third-order valence-corrected chi connectivity index (χ3v) is 1.23. The molecule has 0 aliphatic rings. The van der Waals surface area contributed by atoms with E-state index in [4.69, 9.17) is 0 Å². The molecule has 0 aromatic rings. The van der Waals surface area contributed by atoms with Crippen molar-refractivity contribution in [1.29, 1.82) is 0 Å². The Hall–Kier alpha value is -2.30. The summed E-state index contributed by atoms with van der Waals surface area (Å²) in [6, 6.07) is 0. The van der Waals surface area contributed by atoms with Crippen LogP contribution in [-0.2, 0) is 23.8 Å². The summed E-state index contributed by atoms with van der Waals surface area (Å²) < 4.78 is 13.4. The molecule has 0 N–H and O–H groups in total. The fourth-order valence-corrected chi connectivity index (χ4v) is 0.529. The number of methoxy groups -OCH3 is 1. The standard InChI is InChI=1S/C8H10O4.C5H8O/c1-3-6-12-8(10)5-4-7(9)11-2;1-3-5-6-4-2/h3-5H,1,6H2,2H3;3-4H,1-2,5H2. The lowest BCUT2D eigenvalue weighted by molar-refractivity contribution is -0.138. The molecule has 0 atom stereocenters. The molecule has 0 saturated carbocycles. The van der Waals surface area contributed by atoms with Gasteiger partial charge in [-0.2, -0.15) is 0 Å². The molecule has 0 aromatic carbocycles. The highest BCUT2D eigenvalue weighted by Crippen LogP contribution is 1.83. The van der Waals surface area contributed by atoms with Crippen molar-refractivity contribution >= 4 is 11.9 Å². The Labute approximate surface area is 107 Å². The Morgan fingerprint density at radius 1 is 1.00 bits per heavy atom. The van der Waals surface area contributed by atoms with Gasteiger partial charge in [-0.25, -0.2) is 9.59 Å². The molecular formula is C13H18O5. The van der Waals surface area contributed by atoms with Gasteiger partial charge in [0.2, 0.25) is 0 Å². The number of ether oxygens (including phenoxy) is 3. The van der Waals surface area contributed by atoms with Crippen molar-refractivity contribution in [3.05, 3.63) is 50.3 Å². The Kier molecular flexibility index (Phi) is 14.8. The minimum atomic E-state index is -0.597. The quantitative estimate of drug-likeness (QED) is 0.228. The molecule has 0 aliphatic heterocycles. The normalized spacial score (nSPS) is 8.50. The second-order valence-corrected chi connectivity index (χ2v) is 2.56. The first-order valence-corrected chi connectivity index (χ1v) is 4.99. The summed E-state index contributed by atoms with van der Waals surface area (Å²) in [4.78, 5) is 21.1. The van der Waals surface area contributed by atoms with Crippen LogP contribution >= 0.6 is 0 Å². The van der Waals surface area contributed by atoms with Crippen LogP contribution in [0.4, 0.5) is 0 Å². The number of hydrogen-bond donors (Lipinski definition) is 0. The summed E-state index contributed by atoms with van der Waals surface area (Å²) >= 11 is 0.